The Kier molecular flexibility index (Phi) is 4.20. The summed E-state index contributed by atoms with van der Waals surface area (Å²) in [6, 6.07) is 10.3. The van der Waals surface area contributed by atoms with Gasteiger partial charge in [0.2, 0.25) is 0 Å². The van der Waals surface area contributed by atoms with Crippen LogP contribution in [-0.2, 0) is 11.2 Å². The predicted molar refractivity (Wildman–Crippen MR) is 70.5 cm³/mol. The van der Waals surface area contributed by atoms with Gasteiger partial charge in [-0.25, -0.2) is 4.79 Å². The fraction of sp³-hybridized carbons (Fsp3) is 0.500. The van der Waals surface area contributed by atoms with Gasteiger partial charge in [-0.15, -0.1) is 0 Å². The van der Waals surface area contributed by atoms with Crippen molar-refractivity contribution in [3.8, 4) is 0 Å². The van der Waals surface area contributed by atoms with Crippen LogP contribution in [0.2, 0.25) is 0 Å². The molecule has 2 amide bonds. The number of hydrogen-bond acceptors (Lipinski definition) is 2. The third-order valence-electron chi connectivity index (χ3n) is 3.10. The van der Waals surface area contributed by atoms with Crippen LogP contribution in [0.3, 0.4) is 0 Å². The van der Waals surface area contributed by atoms with E-state index in [1.807, 2.05) is 23.1 Å². The largest absolute Gasteiger partial charge is 0.374 e. The number of carbonyl (C=O) groups is 1. The van der Waals surface area contributed by atoms with E-state index in [4.69, 9.17) is 4.74 Å². The molecule has 4 heteroatoms. The molecule has 0 saturated carbocycles. The second kappa shape index (κ2) is 5.87. The van der Waals surface area contributed by atoms with E-state index < -0.39 is 0 Å². The molecule has 0 spiro atoms. The van der Waals surface area contributed by atoms with Crippen LogP contribution < -0.4 is 0 Å². The van der Waals surface area contributed by atoms with Gasteiger partial charge in [0.1, 0.15) is 0 Å². The Hall–Kier alpha value is -1.55. The van der Waals surface area contributed by atoms with E-state index in [9.17, 15) is 4.79 Å². The van der Waals surface area contributed by atoms with Crippen molar-refractivity contribution in [3.05, 3.63) is 35.9 Å². The molecule has 0 N–H and O–H groups in total. The topological polar surface area (TPSA) is 32.8 Å². The smallest absolute Gasteiger partial charge is 0.319 e. The molecule has 1 unspecified atom stereocenters. The summed E-state index contributed by atoms with van der Waals surface area (Å²) in [5.41, 5.74) is 1.25. The van der Waals surface area contributed by atoms with E-state index in [1.54, 1.807) is 19.0 Å². The molecule has 1 aliphatic rings. The number of morpholine rings is 1. The van der Waals surface area contributed by atoms with Crippen molar-refractivity contribution in [3.63, 3.8) is 0 Å². The van der Waals surface area contributed by atoms with Crippen molar-refractivity contribution in [1.82, 2.24) is 9.80 Å². The van der Waals surface area contributed by atoms with Crippen LogP contribution in [0, 0.1) is 0 Å². The second-order valence-corrected chi connectivity index (χ2v) is 4.81. The minimum Gasteiger partial charge on any atom is -0.374 e. The average Bonchev–Trinajstić information content (AvgIpc) is 2.39. The van der Waals surface area contributed by atoms with Crippen LogP contribution in [0.15, 0.2) is 30.3 Å². The number of nitrogens with zero attached hydrogens (tertiary/aromatic N) is 2. The van der Waals surface area contributed by atoms with Crippen molar-refractivity contribution in [2.75, 3.05) is 33.8 Å². The maximum absolute atomic E-state index is 11.9. The van der Waals surface area contributed by atoms with Gasteiger partial charge in [0, 0.05) is 33.6 Å². The van der Waals surface area contributed by atoms with Gasteiger partial charge in [-0.05, 0) is 5.56 Å². The minimum atomic E-state index is 0.0661. The molecule has 1 fully saturated rings. The highest BCUT2D eigenvalue weighted by atomic mass is 16.5. The number of rotatable bonds is 2. The zero-order valence-corrected chi connectivity index (χ0v) is 11.0. The predicted octanol–water partition coefficient (Wildman–Crippen LogP) is 1.61. The molecule has 1 aromatic rings. The van der Waals surface area contributed by atoms with Crippen LogP contribution in [0.25, 0.3) is 0 Å². The summed E-state index contributed by atoms with van der Waals surface area (Å²) in [4.78, 5) is 15.4. The third kappa shape index (κ3) is 3.23. The lowest BCUT2D eigenvalue weighted by Gasteiger charge is -2.34. The van der Waals surface area contributed by atoms with Crippen molar-refractivity contribution >= 4 is 6.03 Å². The molecule has 1 atom stereocenters. The summed E-state index contributed by atoms with van der Waals surface area (Å²) in [6.45, 7) is 1.98. The highest BCUT2D eigenvalue weighted by Crippen LogP contribution is 2.12. The highest BCUT2D eigenvalue weighted by Gasteiger charge is 2.25. The SMILES string of the molecule is CN(C)C(=O)N1CCOC(Cc2ccccc2)C1. The molecular weight excluding hydrogens is 228 g/mol. The Morgan fingerprint density at radius 3 is 2.78 bits per heavy atom. The molecule has 2 rings (SSSR count). The highest BCUT2D eigenvalue weighted by molar-refractivity contribution is 5.73. The van der Waals surface area contributed by atoms with E-state index >= 15 is 0 Å². The lowest BCUT2D eigenvalue weighted by Crippen LogP contribution is -2.49. The zero-order chi connectivity index (χ0) is 13.0. The number of benzene rings is 1. The van der Waals surface area contributed by atoms with Crippen LogP contribution in [0.1, 0.15) is 5.56 Å². The van der Waals surface area contributed by atoms with Crippen molar-refractivity contribution in [1.29, 1.82) is 0 Å². The molecular formula is C14H20N2O2. The first-order chi connectivity index (χ1) is 8.66. The number of urea groups is 1. The van der Waals surface area contributed by atoms with Gasteiger partial charge in [0.05, 0.1) is 12.7 Å². The molecule has 0 bridgehead atoms. The van der Waals surface area contributed by atoms with E-state index in [1.165, 1.54) is 5.56 Å². The summed E-state index contributed by atoms with van der Waals surface area (Å²) in [7, 11) is 3.56. The first-order valence-electron chi connectivity index (χ1n) is 6.28. The molecule has 18 heavy (non-hydrogen) atoms. The minimum absolute atomic E-state index is 0.0661. The summed E-state index contributed by atoms with van der Waals surface area (Å²) >= 11 is 0. The quantitative estimate of drug-likeness (QED) is 0.796. The normalized spacial score (nSPS) is 19.7. The standard InChI is InChI=1S/C14H20N2O2/c1-15(2)14(17)16-8-9-18-13(11-16)10-12-6-4-3-5-7-12/h3-7,13H,8-11H2,1-2H3. The van der Waals surface area contributed by atoms with Gasteiger partial charge >= 0.3 is 6.03 Å². The Labute approximate surface area is 108 Å². The summed E-state index contributed by atoms with van der Waals surface area (Å²) in [5, 5.41) is 0. The lowest BCUT2D eigenvalue weighted by molar-refractivity contribution is -0.0167. The summed E-state index contributed by atoms with van der Waals surface area (Å²) < 4.78 is 5.73. The monoisotopic (exact) mass is 248 g/mol. The van der Waals surface area contributed by atoms with Gasteiger partial charge in [0.25, 0.3) is 0 Å². The zero-order valence-electron chi connectivity index (χ0n) is 11.0. The Morgan fingerprint density at radius 1 is 1.39 bits per heavy atom. The molecule has 1 heterocycles. The van der Waals surface area contributed by atoms with Crippen LogP contribution in [0.4, 0.5) is 4.79 Å². The number of ether oxygens (including phenoxy) is 1. The first-order valence-corrected chi connectivity index (χ1v) is 6.28. The van der Waals surface area contributed by atoms with E-state index in [2.05, 4.69) is 12.1 Å². The first kappa shape index (κ1) is 12.9. The van der Waals surface area contributed by atoms with Crippen molar-refractivity contribution in [2.24, 2.45) is 0 Å². The van der Waals surface area contributed by atoms with Crippen molar-refractivity contribution in [2.45, 2.75) is 12.5 Å². The van der Waals surface area contributed by atoms with E-state index in [0.29, 0.717) is 19.7 Å². The molecule has 0 radical (unpaired) electrons. The average molecular weight is 248 g/mol. The molecule has 1 saturated heterocycles. The number of amides is 2. The Morgan fingerprint density at radius 2 is 2.11 bits per heavy atom. The lowest BCUT2D eigenvalue weighted by atomic mass is 10.1. The molecule has 1 aliphatic heterocycles. The second-order valence-electron chi connectivity index (χ2n) is 4.81. The van der Waals surface area contributed by atoms with E-state index in [0.717, 1.165) is 6.42 Å². The number of carbonyl (C=O) groups excluding carboxylic acids is 1. The van der Waals surface area contributed by atoms with Crippen LogP contribution >= 0.6 is 0 Å². The van der Waals surface area contributed by atoms with Crippen molar-refractivity contribution < 1.29 is 9.53 Å². The maximum Gasteiger partial charge on any atom is 0.319 e. The fourth-order valence-electron chi connectivity index (χ4n) is 2.18. The van der Waals surface area contributed by atoms with Gasteiger partial charge in [-0.1, -0.05) is 30.3 Å². The van der Waals surface area contributed by atoms with Gasteiger partial charge in [0.15, 0.2) is 0 Å². The maximum atomic E-state index is 11.9. The Balaban J connectivity index is 1.93. The molecule has 0 aromatic heterocycles. The van der Waals surface area contributed by atoms with Gasteiger partial charge < -0.3 is 14.5 Å². The molecule has 98 valence electrons. The van der Waals surface area contributed by atoms with Gasteiger partial charge in [-0.3, -0.25) is 0 Å². The summed E-state index contributed by atoms with van der Waals surface area (Å²) in [6.07, 6.45) is 0.961. The molecule has 1 aromatic carbocycles. The number of hydrogen-bond donors (Lipinski definition) is 0. The van der Waals surface area contributed by atoms with Crippen LogP contribution in [0.5, 0.6) is 0 Å². The fourth-order valence-corrected chi connectivity index (χ4v) is 2.18. The summed E-state index contributed by atoms with van der Waals surface area (Å²) in [5.74, 6) is 0. The van der Waals surface area contributed by atoms with Crippen LogP contribution in [-0.4, -0.2) is 55.7 Å². The molecule has 0 aliphatic carbocycles. The third-order valence-corrected chi connectivity index (χ3v) is 3.10. The van der Waals surface area contributed by atoms with Gasteiger partial charge in [-0.2, -0.15) is 0 Å². The molecule has 4 nitrogen and oxygen atoms in total. The van der Waals surface area contributed by atoms with E-state index in [-0.39, 0.29) is 12.1 Å². The Bertz CT molecular complexity index is 392.